The molecule has 0 aliphatic heterocycles. The number of alkyl halides is 1. The number of benzene rings is 1. The van der Waals surface area contributed by atoms with Crippen LogP contribution in [0.4, 0.5) is 5.69 Å². The average Bonchev–Trinajstić information content (AvgIpc) is 2.19. The number of halogens is 1. The van der Waals surface area contributed by atoms with Crippen LogP contribution in [0.1, 0.15) is 12.0 Å². The van der Waals surface area contributed by atoms with Crippen molar-refractivity contribution in [2.24, 2.45) is 0 Å². The normalized spacial score (nSPS) is 10.6. The summed E-state index contributed by atoms with van der Waals surface area (Å²) in [5.74, 6) is 0.525. The van der Waals surface area contributed by atoms with E-state index in [4.69, 9.17) is 11.6 Å². The number of nitro groups is 1. The molecule has 0 unspecified atom stereocenters. The van der Waals surface area contributed by atoms with E-state index >= 15 is 0 Å². The number of allylic oxidation sites excluding steroid dienone is 1. The summed E-state index contributed by atoms with van der Waals surface area (Å²) in [6.07, 6.45) is 4.27. The summed E-state index contributed by atoms with van der Waals surface area (Å²) < 4.78 is 0. The number of nitro benzene ring substituents is 1. The van der Waals surface area contributed by atoms with E-state index in [1.54, 1.807) is 24.3 Å². The topological polar surface area (TPSA) is 43.1 Å². The van der Waals surface area contributed by atoms with Crippen LogP contribution < -0.4 is 0 Å². The van der Waals surface area contributed by atoms with Gasteiger partial charge in [0, 0.05) is 11.9 Å². The molecular weight excluding hydrogens is 202 g/mol. The zero-order valence-corrected chi connectivity index (χ0v) is 8.28. The molecule has 0 aliphatic rings. The van der Waals surface area contributed by atoms with Crippen molar-refractivity contribution in [2.45, 2.75) is 6.42 Å². The Hall–Kier alpha value is -1.35. The van der Waals surface area contributed by atoms with Gasteiger partial charge in [0.05, 0.1) is 10.5 Å². The zero-order chi connectivity index (χ0) is 10.4. The number of hydrogen-bond acceptors (Lipinski definition) is 2. The fraction of sp³-hybridized carbons (Fsp3) is 0.200. The molecule has 3 nitrogen and oxygen atoms in total. The van der Waals surface area contributed by atoms with Crippen LogP contribution in [0.2, 0.25) is 0 Å². The molecule has 0 saturated carbocycles. The molecular formula is C10H10ClNO2. The molecule has 0 bridgehead atoms. The van der Waals surface area contributed by atoms with Crippen LogP contribution in [0.15, 0.2) is 30.3 Å². The highest BCUT2D eigenvalue weighted by Crippen LogP contribution is 2.18. The molecule has 0 aliphatic carbocycles. The third kappa shape index (κ3) is 2.85. The smallest absolute Gasteiger partial charge is 0.258 e. The minimum absolute atomic E-state index is 0.123. The Morgan fingerprint density at radius 2 is 2.14 bits per heavy atom. The molecule has 0 fully saturated rings. The maximum absolute atomic E-state index is 10.6. The Kier molecular flexibility index (Phi) is 4.13. The fourth-order valence-corrected chi connectivity index (χ4v) is 1.19. The number of para-hydroxylation sites is 1. The molecule has 0 saturated heterocycles. The van der Waals surface area contributed by atoms with Crippen molar-refractivity contribution < 1.29 is 4.92 Å². The van der Waals surface area contributed by atoms with Crippen molar-refractivity contribution in [1.29, 1.82) is 0 Å². The second kappa shape index (κ2) is 5.40. The minimum Gasteiger partial charge on any atom is -0.258 e. The molecule has 0 radical (unpaired) electrons. The Morgan fingerprint density at radius 3 is 2.79 bits per heavy atom. The minimum atomic E-state index is -0.389. The van der Waals surface area contributed by atoms with Gasteiger partial charge in [-0.3, -0.25) is 10.1 Å². The highest BCUT2D eigenvalue weighted by molar-refractivity contribution is 6.17. The Morgan fingerprint density at radius 1 is 1.43 bits per heavy atom. The van der Waals surface area contributed by atoms with Gasteiger partial charge in [-0.15, -0.1) is 11.6 Å². The maximum atomic E-state index is 10.6. The van der Waals surface area contributed by atoms with E-state index in [1.165, 1.54) is 6.07 Å². The molecule has 0 heterocycles. The standard InChI is InChI=1S/C10H10ClNO2/c11-8-4-3-6-9-5-1-2-7-10(9)12(13)14/h1-3,5-7H,4,8H2. The quantitative estimate of drug-likeness (QED) is 0.436. The molecule has 4 heteroatoms. The lowest BCUT2D eigenvalue weighted by molar-refractivity contribution is -0.385. The first-order chi connectivity index (χ1) is 6.75. The van der Waals surface area contributed by atoms with E-state index in [2.05, 4.69) is 0 Å². The summed E-state index contributed by atoms with van der Waals surface area (Å²) in [5, 5.41) is 10.6. The highest BCUT2D eigenvalue weighted by atomic mass is 35.5. The summed E-state index contributed by atoms with van der Waals surface area (Å²) in [6.45, 7) is 0. The highest BCUT2D eigenvalue weighted by Gasteiger charge is 2.08. The van der Waals surface area contributed by atoms with E-state index in [-0.39, 0.29) is 10.6 Å². The number of hydrogen-bond donors (Lipinski definition) is 0. The lowest BCUT2D eigenvalue weighted by Gasteiger charge is -1.95. The molecule has 0 aromatic heterocycles. The lowest BCUT2D eigenvalue weighted by atomic mass is 10.1. The van der Waals surface area contributed by atoms with Gasteiger partial charge in [0.25, 0.3) is 5.69 Å². The summed E-state index contributed by atoms with van der Waals surface area (Å²) in [4.78, 5) is 10.2. The number of rotatable bonds is 4. The molecule has 0 amide bonds. The monoisotopic (exact) mass is 211 g/mol. The van der Waals surface area contributed by atoms with Gasteiger partial charge in [0.2, 0.25) is 0 Å². The van der Waals surface area contributed by atoms with Crippen LogP contribution in [-0.2, 0) is 0 Å². The van der Waals surface area contributed by atoms with Crippen molar-refractivity contribution >= 4 is 23.4 Å². The summed E-state index contributed by atoms with van der Waals surface area (Å²) >= 11 is 5.48. The van der Waals surface area contributed by atoms with E-state index in [1.807, 2.05) is 6.08 Å². The molecule has 74 valence electrons. The first kappa shape index (κ1) is 10.7. The van der Waals surface area contributed by atoms with Gasteiger partial charge in [-0.25, -0.2) is 0 Å². The number of nitrogens with zero attached hydrogens (tertiary/aromatic N) is 1. The third-order valence-corrected chi connectivity index (χ3v) is 1.92. The van der Waals surface area contributed by atoms with Crippen LogP contribution >= 0.6 is 11.6 Å². The van der Waals surface area contributed by atoms with Crippen LogP contribution in [0, 0.1) is 10.1 Å². The SMILES string of the molecule is O=[N+]([O-])c1ccccc1C=CCCCl. The average molecular weight is 212 g/mol. The first-order valence-electron chi connectivity index (χ1n) is 4.21. The molecule has 0 atom stereocenters. The molecule has 0 spiro atoms. The van der Waals surface area contributed by atoms with Gasteiger partial charge in [0.1, 0.15) is 0 Å². The van der Waals surface area contributed by atoms with Gasteiger partial charge in [0.15, 0.2) is 0 Å². The molecule has 1 rings (SSSR count). The van der Waals surface area contributed by atoms with Crippen LogP contribution in [-0.4, -0.2) is 10.8 Å². The predicted octanol–water partition coefficient (Wildman–Crippen LogP) is 3.24. The van der Waals surface area contributed by atoms with Crippen LogP contribution in [0.5, 0.6) is 0 Å². The first-order valence-corrected chi connectivity index (χ1v) is 4.75. The second-order valence-corrected chi connectivity index (χ2v) is 3.07. The van der Waals surface area contributed by atoms with Gasteiger partial charge < -0.3 is 0 Å². The van der Waals surface area contributed by atoms with E-state index in [9.17, 15) is 10.1 Å². The summed E-state index contributed by atoms with van der Waals surface area (Å²) in [5.41, 5.74) is 0.737. The van der Waals surface area contributed by atoms with Gasteiger partial charge in [-0.2, -0.15) is 0 Å². The summed E-state index contributed by atoms with van der Waals surface area (Å²) in [7, 11) is 0. The Balaban J connectivity index is 2.90. The van der Waals surface area contributed by atoms with Crippen molar-refractivity contribution in [3.05, 3.63) is 46.0 Å². The fourth-order valence-electron chi connectivity index (χ4n) is 1.07. The Bertz CT molecular complexity index is 350. The van der Waals surface area contributed by atoms with Crippen molar-refractivity contribution in [3.63, 3.8) is 0 Å². The van der Waals surface area contributed by atoms with Gasteiger partial charge in [-0.05, 0) is 12.5 Å². The maximum Gasteiger partial charge on any atom is 0.276 e. The van der Waals surface area contributed by atoms with Gasteiger partial charge in [-0.1, -0.05) is 24.3 Å². The van der Waals surface area contributed by atoms with Crippen molar-refractivity contribution in [1.82, 2.24) is 0 Å². The molecule has 1 aromatic carbocycles. The lowest BCUT2D eigenvalue weighted by Crippen LogP contribution is -1.90. The molecule has 14 heavy (non-hydrogen) atoms. The molecule has 1 aromatic rings. The van der Waals surface area contributed by atoms with E-state index in [0.29, 0.717) is 17.9 Å². The summed E-state index contributed by atoms with van der Waals surface area (Å²) in [6, 6.07) is 6.62. The van der Waals surface area contributed by atoms with E-state index in [0.717, 1.165) is 0 Å². The van der Waals surface area contributed by atoms with Gasteiger partial charge >= 0.3 is 0 Å². The third-order valence-electron chi connectivity index (χ3n) is 1.71. The molecule has 0 N–H and O–H groups in total. The van der Waals surface area contributed by atoms with Crippen LogP contribution in [0.25, 0.3) is 6.08 Å². The second-order valence-electron chi connectivity index (χ2n) is 2.70. The zero-order valence-electron chi connectivity index (χ0n) is 7.52. The Labute approximate surface area is 87.2 Å². The van der Waals surface area contributed by atoms with E-state index < -0.39 is 0 Å². The van der Waals surface area contributed by atoms with Crippen molar-refractivity contribution in [3.8, 4) is 0 Å². The van der Waals surface area contributed by atoms with Crippen molar-refractivity contribution in [2.75, 3.05) is 5.88 Å². The predicted molar refractivity (Wildman–Crippen MR) is 57.5 cm³/mol. The van der Waals surface area contributed by atoms with Crippen LogP contribution in [0.3, 0.4) is 0 Å². The largest absolute Gasteiger partial charge is 0.276 e.